The van der Waals surface area contributed by atoms with Crippen molar-refractivity contribution >= 4 is 21.6 Å². The molecule has 0 aliphatic heterocycles. The van der Waals surface area contributed by atoms with Gasteiger partial charge in [0, 0.05) is 11.6 Å². The molecule has 0 saturated carbocycles. The van der Waals surface area contributed by atoms with Crippen molar-refractivity contribution in [3.63, 3.8) is 0 Å². The minimum Gasteiger partial charge on any atom is -0.258 e. The van der Waals surface area contributed by atoms with Crippen LogP contribution < -0.4 is 0 Å². The smallest absolute Gasteiger partial charge is 0.258 e. The van der Waals surface area contributed by atoms with Gasteiger partial charge in [-0.1, -0.05) is 0 Å². The fraction of sp³-hybridized carbons (Fsp3) is 0.143. The highest BCUT2D eigenvalue weighted by molar-refractivity contribution is 9.10. The lowest BCUT2D eigenvalue weighted by atomic mass is 10.2. The molecule has 0 atom stereocenters. The van der Waals surface area contributed by atoms with E-state index in [0.717, 1.165) is 13.0 Å². The topological polar surface area (TPSA) is 43.1 Å². The normalized spacial score (nSPS) is 10.2. The summed E-state index contributed by atoms with van der Waals surface area (Å²) in [7, 11) is 0. The number of nitrogens with zero attached hydrogens (tertiary/aromatic N) is 1. The zero-order chi connectivity index (χ0) is 10.2. The number of rotatable bonds is 1. The molecule has 0 amide bonds. The first-order valence-electron chi connectivity index (χ1n) is 3.23. The van der Waals surface area contributed by atoms with E-state index in [0.29, 0.717) is 0 Å². The zero-order valence-electron chi connectivity index (χ0n) is 6.47. The Bertz CT molecular complexity index is 381. The summed E-state index contributed by atoms with van der Waals surface area (Å²) < 4.78 is 25.8. The number of hydrogen-bond donors (Lipinski definition) is 0. The number of nitro groups is 1. The third-order valence-corrected chi connectivity index (χ3v) is 2.13. The van der Waals surface area contributed by atoms with Gasteiger partial charge in [-0.2, -0.15) is 4.39 Å². The number of nitro benzene ring substituents is 1. The third-order valence-electron chi connectivity index (χ3n) is 1.55. The lowest BCUT2D eigenvalue weighted by Crippen LogP contribution is -1.98. The summed E-state index contributed by atoms with van der Waals surface area (Å²) in [5, 5.41) is 10.3. The van der Waals surface area contributed by atoms with Gasteiger partial charge in [0.05, 0.1) is 9.40 Å². The van der Waals surface area contributed by atoms with Gasteiger partial charge in [-0.25, -0.2) is 4.39 Å². The Kier molecular flexibility index (Phi) is 2.60. The van der Waals surface area contributed by atoms with E-state index in [1.165, 1.54) is 0 Å². The predicted molar refractivity (Wildman–Crippen MR) is 45.4 cm³/mol. The molecule has 1 aromatic rings. The first kappa shape index (κ1) is 10.0. The molecule has 6 heteroatoms. The Morgan fingerprint density at radius 3 is 2.46 bits per heavy atom. The second-order valence-corrected chi connectivity index (χ2v) is 3.24. The highest BCUT2D eigenvalue weighted by Gasteiger charge is 2.21. The fourth-order valence-electron chi connectivity index (χ4n) is 0.847. The van der Waals surface area contributed by atoms with Crippen molar-refractivity contribution in [1.29, 1.82) is 0 Å². The molecular weight excluding hydrogens is 248 g/mol. The molecule has 0 N–H and O–H groups in total. The van der Waals surface area contributed by atoms with E-state index in [2.05, 4.69) is 15.9 Å². The molecule has 0 heterocycles. The molecule has 70 valence electrons. The van der Waals surface area contributed by atoms with Crippen LogP contribution in [0.1, 0.15) is 5.56 Å². The summed E-state index contributed by atoms with van der Waals surface area (Å²) in [6.45, 7) is 1.14. The number of hydrogen-bond acceptors (Lipinski definition) is 2. The Labute approximate surface area is 80.6 Å². The van der Waals surface area contributed by atoms with Gasteiger partial charge in [0.1, 0.15) is 5.82 Å². The Hall–Kier alpha value is -1.04. The van der Waals surface area contributed by atoms with Crippen LogP contribution in [0.5, 0.6) is 0 Å². The van der Waals surface area contributed by atoms with E-state index in [1.807, 2.05) is 0 Å². The van der Waals surface area contributed by atoms with Crippen LogP contribution >= 0.6 is 15.9 Å². The molecule has 0 saturated heterocycles. The highest BCUT2D eigenvalue weighted by Crippen LogP contribution is 2.28. The first-order chi connectivity index (χ1) is 5.95. The van der Waals surface area contributed by atoms with Crippen molar-refractivity contribution < 1.29 is 13.7 Å². The van der Waals surface area contributed by atoms with Crippen molar-refractivity contribution in [3.05, 3.63) is 37.9 Å². The third kappa shape index (κ3) is 1.67. The summed E-state index contributed by atoms with van der Waals surface area (Å²) in [6, 6.07) is 0.803. The van der Waals surface area contributed by atoms with Crippen molar-refractivity contribution in [2.45, 2.75) is 6.92 Å². The lowest BCUT2D eigenvalue weighted by Gasteiger charge is -2.01. The van der Waals surface area contributed by atoms with Crippen LogP contribution in [0.2, 0.25) is 0 Å². The molecule has 0 bridgehead atoms. The molecular formula is C7H4BrF2NO2. The average Bonchev–Trinajstić information content (AvgIpc) is 2.07. The molecule has 1 rings (SSSR count). The van der Waals surface area contributed by atoms with Crippen molar-refractivity contribution in [2.24, 2.45) is 0 Å². The Balaban J connectivity index is 3.50. The van der Waals surface area contributed by atoms with Crippen LogP contribution in [-0.4, -0.2) is 4.92 Å². The van der Waals surface area contributed by atoms with E-state index in [-0.39, 0.29) is 10.0 Å². The van der Waals surface area contributed by atoms with Gasteiger partial charge in [0.15, 0.2) is 0 Å². The van der Waals surface area contributed by atoms with E-state index in [9.17, 15) is 18.9 Å². The van der Waals surface area contributed by atoms with Gasteiger partial charge in [0.2, 0.25) is 5.82 Å². The van der Waals surface area contributed by atoms with Crippen LogP contribution in [0.25, 0.3) is 0 Å². The SMILES string of the molecule is Cc1c(F)c(Br)cc([N+](=O)[O-])c1F. The molecule has 0 aliphatic rings. The lowest BCUT2D eigenvalue weighted by molar-refractivity contribution is -0.387. The van der Waals surface area contributed by atoms with E-state index >= 15 is 0 Å². The van der Waals surface area contributed by atoms with Crippen molar-refractivity contribution in [3.8, 4) is 0 Å². The summed E-state index contributed by atoms with van der Waals surface area (Å²) in [4.78, 5) is 9.36. The quantitative estimate of drug-likeness (QED) is 0.438. The molecule has 13 heavy (non-hydrogen) atoms. The second kappa shape index (κ2) is 3.37. The minimum absolute atomic E-state index is 0.113. The fourth-order valence-corrected chi connectivity index (χ4v) is 1.36. The molecule has 0 aliphatic carbocycles. The molecule has 0 fully saturated rings. The van der Waals surface area contributed by atoms with Crippen LogP contribution in [-0.2, 0) is 0 Å². The Morgan fingerprint density at radius 2 is 2.00 bits per heavy atom. The molecule has 0 radical (unpaired) electrons. The number of halogens is 3. The predicted octanol–water partition coefficient (Wildman–Crippen LogP) is 2.94. The highest BCUT2D eigenvalue weighted by atomic mass is 79.9. The van der Waals surface area contributed by atoms with Crippen molar-refractivity contribution in [1.82, 2.24) is 0 Å². The first-order valence-corrected chi connectivity index (χ1v) is 4.03. The average molecular weight is 252 g/mol. The minimum atomic E-state index is -1.13. The largest absolute Gasteiger partial charge is 0.306 e. The van der Waals surface area contributed by atoms with Gasteiger partial charge in [-0.15, -0.1) is 0 Å². The van der Waals surface area contributed by atoms with E-state index in [4.69, 9.17) is 0 Å². The number of benzene rings is 1. The van der Waals surface area contributed by atoms with E-state index in [1.54, 1.807) is 0 Å². The Morgan fingerprint density at radius 1 is 1.46 bits per heavy atom. The monoisotopic (exact) mass is 251 g/mol. The molecule has 0 unspecified atom stereocenters. The summed E-state index contributed by atoms with van der Waals surface area (Å²) in [5.41, 5.74) is -1.09. The van der Waals surface area contributed by atoms with Crippen LogP contribution in [0, 0.1) is 28.7 Å². The molecule has 0 spiro atoms. The standard InChI is InChI=1S/C7H4BrF2NO2/c1-3-6(9)4(8)2-5(7(3)10)11(12)13/h2H,1H3. The summed E-state index contributed by atoms with van der Waals surface area (Å²) in [6.07, 6.45) is 0. The van der Waals surface area contributed by atoms with Crippen LogP contribution in [0.3, 0.4) is 0 Å². The molecule has 1 aromatic carbocycles. The van der Waals surface area contributed by atoms with Gasteiger partial charge in [-0.05, 0) is 22.9 Å². The van der Waals surface area contributed by atoms with Crippen LogP contribution in [0.4, 0.5) is 14.5 Å². The van der Waals surface area contributed by atoms with Gasteiger partial charge >= 0.3 is 5.69 Å². The van der Waals surface area contributed by atoms with E-state index < -0.39 is 22.2 Å². The maximum atomic E-state index is 13.0. The summed E-state index contributed by atoms with van der Waals surface area (Å²) >= 11 is 2.75. The van der Waals surface area contributed by atoms with Crippen molar-refractivity contribution in [2.75, 3.05) is 0 Å². The van der Waals surface area contributed by atoms with Gasteiger partial charge in [-0.3, -0.25) is 10.1 Å². The second-order valence-electron chi connectivity index (χ2n) is 2.39. The summed E-state index contributed by atoms with van der Waals surface area (Å²) in [5.74, 6) is -1.95. The molecule has 0 aromatic heterocycles. The van der Waals surface area contributed by atoms with Gasteiger partial charge < -0.3 is 0 Å². The maximum Gasteiger partial charge on any atom is 0.306 e. The maximum absolute atomic E-state index is 13.0. The molecule has 3 nitrogen and oxygen atoms in total. The van der Waals surface area contributed by atoms with Crippen LogP contribution in [0.15, 0.2) is 10.5 Å². The zero-order valence-corrected chi connectivity index (χ0v) is 8.06. The van der Waals surface area contributed by atoms with Gasteiger partial charge in [0.25, 0.3) is 0 Å².